The normalized spacial score (nSPS) is 21.4. The monoisotopic (exact) mass is 254 g/mol. The Kier molecular flexibility index (Phi) is 2.86. The third-order valence-electron chi connectivity index (χ3n) is 4.68. The summed E-state index contributed by atoms with van der Waals surface area (Å²) in [5, 5.41) is 1.19. The molecule has 0 bridgehead atoms. The Hall–Kier alpha value is -1.41. The molecule has 0 saturated heterocycles. The van der Waals surface area contributed by atoms with Crippen LogP contribution in [0.5, 0.6) is 0 Å². The van der Waals surface area contributed by atoms with Crippen molar-refractivity contribution in [3.05, 3.63) is 42.1 Å². The van der Waals surface area contributed by atoms with Crippen molar-refractivity contribution >= 4 is 10.9 Å². The van der Waals surface area contributed by atoms with Gasteiger partial charge in [-0.2, -0.15) is 0 Å². The summed E-state index contributed by atoms with van der Waals surface area (Å²) >= 11 is 0. The second-order valence-electron chi connectivity index (χ2n) is 6.73. The Morgan fingerprint density at radius 3 is 2.53 bits per heavy atom. The van der Waals surface area contributed by atoms with E-state index >= 15 is 0 Å². The molecule has 0 spiro atoms. The van der Waals surface area contributed by atoms with E-state index in [0.717, 1.165) is 18.4 Å². The van der Waals surface area contributed by atoms with Crippen LogP contribution < -0.4 is 5.73 Å². The molecule has 1 saturated carbocycles. The van der Waals surface area contributed by atoms with E-state index in [9.17, 15) is 0 Å². The summed E-state index contributed by atoms with van der Waals surface area (Å²) in [6.45, 7) is 4.68. The van der Waals surface area contributed by atoms with Crippen LogP contribution in [0.2, 0.25) is 0 Å². The van der Waals surface area contributed by atoms with Crippen LogP contribution in [0.3, 0.4) is 0 Å². The molecule has 0 amide bonds. The second kappa shape index (κ2) is 4.31. The highest BCUT2D eigenvalue weighted by Crippen LogP contribution is 2.43. The van der Waals surface area contributed by atoms with Crippen LogP contribution in [-0.4, -0.2) is 4.98 Å². The van der Waals surface area contributed by atoms with E-state index in [-0.39, 0.29) is 5.54 Å². The first-order valence-electron chi connectivity index (χ1n) is 7.13. The van der Waals surface area contributed by atoms with Gasteiger partial charge in [0.05, 0.1) is 5.52 Å². The van der Waals surface area contributed by atoms with Gasteiger partial charge in [-0.1, -0.05) is 32.0 Å². The molecule has 1 aliphatic carbocycles. The number of pyridine rings is 1. The van der Waals surface area contributed by atoms with Crippen molar-refractivity contribution in [3.63, 3.8) is 0 Å². The fraction of sp³-hybridized carbons (Fsp3) is 0.471. The molecular formula is C17H22N2. The first-order chi connectivity index (χ1) is 8.99. The summed E-state index contributed by atoms with van der Waals surface area (Å²) in [5.41, 5.74) is 9.24. The number of hydrogen-bond donors (Lipinski definition) is 1. The molecule has 1 aromatic heterocycles. The van der Waals surface area contributed by atoms with Crippen molar-refractivity contribution in [2.24, 2.45) is 11.1 Å². The van der Waals surface area contributed by atoms with Gasteiger partial charge in [0.2, 0.25) is 0 Å². The Morgan fingerprint density at radius 2 is 1.79 bits per heavy atom. The Morgan fingerprint density at radius 1 is 1.05 bits per heavy atom. The molecule has 3 rings (SSSR count). The highest BCUT2D eigenvalue weighted by molar-refractivity contribution is 5.79. The molecule has 0 atom stereocenters. The molecule has 2 N–H and O–H groups in total. The first kappa shape index (κ1) is 12.6. The van der Waals surface area contributed by atoms with E-state index in [4.69, 9.17) is 5.73 Å². The van der Waals surface area contributed by atoms with Crippen molar-refractivity contribution in [2.45, 2.75) is 45.1 Å². The maximum atomic E-state index is 6.66. The molecule has 0 unspecified atom stereocenters. The summed E-state index contributed by atoms with van der Waals surface area (Å²) in [6, 6.07) is 10.6. The van der Waals surface area contributed by atoms with Crippen LogP contribution in [0, 0.1) is 5.41 Å². The van der Waals surface area contributed by atoms with Gasteiger partial charge in [0, 0.05) is 17.1 Å². The molecule has 19 heavy (non-hydrogen) atoms. The average molecular weight is 254 g/mol. The molecule has 1 fully saturated rings. The summed E-state index contributed by atoms with van der Waals surface area (Å²) in [4.78, 5) is 4.44. The van der Waals surface area contributed by atoms with Crippen LogP contribution in [0.25, 0.3) is 10.9 Å². The minimum absolute atomic E-state index is 0.165. The molecule has 2 nitrogen and oxygen atoms in total. The maximum Gasteiger partial charge on any atom is 0.0705 e. The van der Waals surface area contributed by atoms with Gasteiger partial charge in [-0.05, 0) is 48.8 Å². The number of fused-ring (bicyclic) bond motifs is 1. The van der Waals surface area contributed by atoms with Gasteiger partial charge in [0.15, 0.2) is 0 Å². The number of benzene rings is 1. The number of aromatic nitrogens is 1. The lowest BCUT2D eigenvalue weighted by molar-refractivity contribution is 0.165. The standard InChI is InChI=1S/C17H22N2/c1-16(2)7-9-17(18,10-8-16)14-6-5-13-4-3-11-19-15(13)12-14/h3-6,11-12H,7-10,18H2,1-2H3. The Bertz CT molecular complexity index is 591. The summed E-state index contributed by atoms with van der Waals surface area (Å²) in [5.74, 6) is 0. The van der Waals surface area contributed by atoms with Gasteiger partial charge in [0.25, 0.3) is 0 Å². The summed E-state index contributed by atoms with van der Waals surface area (Å²) in [7, 11) is 0. The minimum atomic E-state index is -0.165. The number of nitrogens with two attached hydrogens (primary N) is 1. The highest BCUT2D eigenvalue weighted by atomic mass is 14.8. The Labute approximate surface area is 115 Å². The van der Waals surface area contributed by atoms with Gasteiger partial charge in [-0.15, -0.1) is 0 Å². The molecular weight excluding hydrogens is 232 g/mol. The zero-order valence-corrected chi connectivity index (χ0v) is 11.8. The van der Waals surface area contributed by atoms with Gasteiger partial charge in [0.1, 0.15) is 0 Å². The van der Waals surface area contributed by atoms with Crippen molar-refractivity contribution < 1.29 is 0 Å². The van der Waals surface area contributed by atoms with E-state index in [0.29, 0.717) is 5.41 Å². The highest BCUT2D eigenvalue weighted by Gasteiger charge is 2.36. The largest absolute Gasteiger partial charge is 0.321 e. The molecule has 0 aliphatic heterocycles. The molecule has 1 aromatic carbocycles. The van der Waals surface area contributed by atoms with Crippen molar-refractivity contribution in [2.75, 3.05) is 0 Å². The smallest absolute Gasteiger partial charge is 0.0705 e. The summed E-state index contributed by atoms with van der Waals surface area (Å²) < 4.78 is 0. The lowest BCUT2D eigenvalue weighted by Gasteiger charge is -2.41. The van der Waals surface area contributed by atoms with E-state index in [2.05, 4.69) is 43.1 Å². The first-order valence-corrected chi connectivity index (χ1v) is 7.13. The van der Waals surface area contributed by atoms with Gasteiger partial charge in [-0.3, -0.25) is 4.98 Å². The van der Waals surface area contributed by atoms with Gasteiger partial charge < -0.3 is 5.73 Å². The van der Waals surface area contributed by atoms with Crippen molar-refractivity contribution in [1.29, 1.82) is 0 Å². The van der Waals surface area contributed by atoms with Crippen LogP contribution in [0.4, 0.5) is 0 Å². The fourth-order valence-electron chi connectivity index (χ4n) is 3.04. The van der Waals surface area contributed by atoms with Gasteiger partial charge >= 0.3 is 0 Å². The third-order valence-corrected chi connectivity index (χ3v) is 4.68. The van der Waals surface area contributed by atoms with Gasteiger partial charge in [-0.25, -0.2) is 0 Å². The predicted molar refractivity (Wildman–Crippen MR) is 79.9 cm³/mol. The van der Waals surface area contributed by atoms with Crippen LogP contribution in [0.15, 0.2) is 36.5 Å². The van der Waals surface area contributed by atoms with Crippen molar-refractivity contribution in [1.82, 2.24) is 4.98 Å². The number of hydrogen-bond acceptors (Lipinski definition) is 2. The molecule has 0 radical (unpaired) electrons. The van der Waals surface area contributed by atoms with E-state index in [1.807, 2.05) is 12.3 Å². The quantitative estimate of drug-likeness (QED) is 0.835. The topological polar surface area (TPSA) is 38.9 Å². The lowest BCUT2D eigenvalue weighted by atomic mass is 9.67. The molecule has 2 heteroatoms. The lowest BCUT2D eigenvalue weighted by Crippen LogP contribution is -2.42. The minimum Gasteiger partial charge on any atom is -0.321 e. The van der Waals surface area contributed by atoms with Crippen molar-refractivity contribution in [3.8, 4) is 0 Å². The van der Waals surface area contributed by atoms with Crippen LogP contribution in [0.1, 0.15) is 45.1 Å². The molecule has 1 aliphatic rings. The van der Waals surface area contributed by atoms with Crippen LogP contribution >= 0.6 is 0 Å². The molecule has 100 valence electrons. The second-order valence-corrected chi connectivity index (χ2v) is 6.73. The SMILES string of the molecule is CC1(C)CCC(N)(c2ccc3cccnc3c2)CC1. The number of rotatable bonds is 1. The predicted octanol–water partition coefficient (Wildman–Crippen LogP) is 3.99. The van der Waals surface area contributed by atoms with E-state index < -0.39 is 0 Å². The third kappa shape index (κ3) is 2.37. The maximum absolute atomic E-state index is 6.66. The van der Waals surface area contributed by atoms with Crippen LogP contribution in [-0.2, 0) is 5.54 Å². The summed E-state index contributed by atoms with van der Waals surface area (Å²) in [6.07, 6.45) is 6.38. The molecule has 2 aromatic rings. The molecule has 1 heterocycles. The average Bonchev–Trinajstić information content (AvgIpc) is 2.42. The number of nitrogens with zero attached hydrogens (tertiary/aromatic N) is 1. The van der Waals surface area contributed by atoms with E-state index in [1.54, 1.807) is 0 Å². The van der Waals surface area contributed by atoms with E-state index in [1.165, 1.54) is 23.8 Å². The Balaban J connectivity index is 1.95. The fourth-order valence-corrected chi connectivity index (χ4v) is 3.04. The zero-order valence-electron chi connectivity index (χ0n) is 11.8. The zero-order chi connectivity index (χ0) is 13.5.